The predicted molar refractivity (Wildman–Crippen MR) is 77.5 cm³/mol. The molecule has 0 bridgehead atoms. The van der Waals surface area contributed by atoms with Gasteiger partial charge in [-0.2, -0.15) is 0 Å². The van der Waals surface area contributed by atoms with Crippen LogP contribution in [0.3, 0.4) is 0 Å². The molecule has 1 fully saturated rings. The first kappa shape index (κ1) is 14.7. The van der Waals surface area contributed by atoms with Crippen LogP contribution in [0.2, 0.25) is 5.02 Å². The second-order valence-corrected chi connectivity index (χ2v) is 5.17. The van der Waals surface area contributed by atoms with Crippen molar-refractivity contribution in [2.24, 2.45) is 0 Å². The van der Waals surface area contributed by atoms with Crippen LogP contribution in [0.4, 0.5) is 4.79 Å². The maximum Gasteiger partial charge on any atom is 0.315 e. The van der Waals surface area contributed by atoms with E-state index in [0.29, 0.717) is 24.5 Å². The van der Waals surface area contributed by atoms with Gasteiger partial charge in [0.15, 0.2) is 0 Å². The van der Waals surface area contributed by atoms with Gasteiger partial charge in [0.1, 0.15) is 6.04 Å². The summed E-state index contributed by atoms with van der Waals surface area (Å²) < 4.78 is 0. The highest BCUT2D eigenvalue weighted by atomic mass is 35.5. The molecular formula is C14H18ClN3O2. The molecule has 0 aliphatic carbocycles. The largest absolute Gasteiger partial charge is 0.354 e. The zero-order chi connectivity index (χ0) is 14.4. The molecule has 0 unspecified atom stereocenters. The predicted octanol–water partition coefficient (Wildman–Crippen LogP) is 1.81. The zero-order valence-corrected chi connectivity index (χ0v) is 11.9. The fourth-order valence-electron chi connectivity index (χ4n) is 2.10. The third-order valence-electron chi connectivity index (χ3n) is 3.24. The van der Waals surface area contributed by atoms with Gasteiger partial charge in [0, 0.05) is 18.1 Å². The van der Waals surface area contributed by atoms with Crippen molar-refractivity contribution in [1.29, 1.82) is 0 Å². The van der Waals surface area contributed by atoms with E-state index in [1.807, 2.05) is 18.2 Å². The maximum atomic E-state index is 11.8. The second-order valence-electron chi connectivity index (χ2n) is 4.76. The molecule has 0 saturated carbocycles. The van der Waals surface area contributed by atoms with Gasteiger partial charge in [-0.3, -0.25) is 4.79 Å². The Morgan fingerprint density at radius 2 is 2.15 bits per heavy atom. The number of amides is 3. The topological polar surface area (TPSA) is 70.2 Å². The Labute approximate surface area is 123 Å². The van der Waals surface area contributed by atoms with E-state index in [-0.39, 0.29) is 11.9 Å². The minimum absolute atomic E-state index is 0.115. The lowest BCUT2D eigenvalue weighted by atomic mass is 10.1. The summed E-state index contributed by atoms with van der Waals surface area (Å²) in [6.45, 7) is 1.01. The molecule has 20 heavy (non-hydrogen) atoms. The van der Waals surface area contributed by atoms with Gasteiger partial charge in [0.05, 0.1) is 0 Å². The lowest BCUT2D eigenvalue weighted by Gasteiger charge is -2.16. The van der Waals surface area contributed by atoms with Crippen molar-refractivity contribution in [2.45, 2.75) is 31.8 Å². The molecule has 1 heterocycles. The third-order valence-corrected chi connectivity index (χ3v) is 3.61. The molecule has 1 aliphatic heterocycles. The molecule has 0 radical (unpaired) electrons. The van der Waals surface area contributed by atoms with E-state index in [2.05, 4.69) is 16.0 Å². The monoisotopic (exact) mass is 295 g/mol. The molecule has 0 spiro atoms. The van der Waals surface area contributed by atoms with Gasteiger partial charge in [-0.25, -0.2) is 4.79 Å². The van der Waals surface area contributed by atoms with Crippen LogP contribution < -0.4 is 16.0 Å². The molecule has 3 amide bonds. The second kappa shape index (κ2) is 7.14. The highest BCUT2D eigenvalue weighted by molar-refractivity contribution is 6.31. The van der Waals surface area contributed by atoms with Gasteiger partial charge in [-0.15, -0.1) is 0 Å². The summed E-state index contributed by atoms with van der Waals surface area (Å²) in [5, 5.41) is 8.80. The fourth-order valence-corrected chi connectivity index (χ4v) is 2.31. The van der Waals surface area contributed by atoms with Gasteiger partial charge in [0.25, 0.3) is 0 Å². The van der Waals surface area contributed by atoms with Crippen molar-refractivity contribution in [2.75, 3.05) is 6.54 Å². The van der Waals surface area contributed by atoms with Crippen LogP contribution in [-0.4, -0.2) is 24.5 Å². The van der Waals surface area contributed by atoms with E-state index in [1.165, 1.54) is 0 Å². The number of halogens is 1. The molecule has 2 rings (SSSR count). The SMILES string of the molecule is O=C(NCc1ccccc1Cl)N[C@H]1CCCCNC1=O. The van der Waals surface area contributed by atoms with Crippen molar-refractivity contribution in [3.63, 3.8) is 0 Å². The maximum absolute atomic E-state index is 11.8. The summed E-state index contributed by atoms with van der Waals surface area (Å²) in [7, 11) is 0. The minimum atomic E-state index is -0.455. The van der Waals surface area contributed by atoms with Crippen LogP contribution in [0.15, 0.2) is 24.3 Å². The van der Waals surface area contributed by atoms with Crippen molar-refractivity contribution >= 4 is 23.5 Å². The van der Waals surface area contributed by atoms with Gasteiger partial charge in [-0.05, 0) is 30.9 Å². The summed E-state index contributed by atoms with van der Waals surface area (Å²) in [6, 6.07) is 6.51. The number of benzene rings is 1. The number of urea groups is 1. The number of carbonyl (C=O) groups is 2. The first-order valence-electron chi connectivity index (χ1n) is 6.72. The molecule has 1 aromatic rings. The van der Waals surface area contributed by atoms with E-state index in [0.717, 1.165) is 18.4 Å². The number of hydrogen-bond acceptors (Lipinski definition) is 2. The van der Waals surface area contributed by atoms with E-state index in [4.69, 9.17) is 11.6 Å². The van der Waals surface area contributed by atoms with Crippen LogP contribution in [0.5, 0.6) is 0 Å². The van der Waals surface area contributed by atoms with E-state index >= 15 is 0 Å². The number of hydrogen-bond donors (Lipinski definition) is 3. The van der Waals surface area contributed by atoms with Gasteiger partial charge >= 0.3 is 6.03 Å². The summed E-state index contributed by atoms with van der Waals surface area (Å²) in [5.74, 6) is -0.115. The molecule has 1 aliphatic rings. The molecule has 5 nitrogen and oxygen atoms in total. The molecule has 3 N–H and O–H groups in total. The Hall–Kier alpha value is -1.75. The molecule has 0 aromatic heterocycles. The lowest BCUT2D eigenvalue weighted by Crippen LogP contribution is -2.48. The normalized spacial score (nSPS) is 18.9. The van der Waals surface area contributed by atoms with Gasteiger partial charge < -0.3 is 16.0 Å². The van der Waals surface area contributed by atoms with E-state index < -0.39 is 6.04 Å². The first-order chi connectivity index (χ1) is 9.66. The quantitative estimate of drug-likeness (QED) is 0.796. The van der Waals surface area contributed by atoms with Crippen LogP contribution in [0.25, 0.3) is 0 Å². The van der Waals surface area contributed by atoms with Crippen molar-refractivity contribution in [3.05, 3.63) is 34.9 Å². The Morgan fingerprint density at radius 1 is 1.35 bits per heavy atom. The van der Waals surface area contributed by atoms with Crippen LogP contribution in [0.1, 0.15) is 24.8 Å². The lowest BCUT2D eigenvalue weighted by molar-refractivity contribution is -0.122. The minimum Gasteiger partial charge on any atom is -0.354 e. The van der Waals surface area contributed by atoms with Crippen LogP contribution in [0, 0.1) is 0 Å². The highest BCUT2D eigenvalue weighted by Crippen LogP contribution is 2.14. The van der Waals surface area contributed by atoms with Crippen molar-refractivity contribution in [3.8, 4) is 0 Å². The highest BCUT2D eigenvalue weighted by Gasteiger charge is 2.22. The summed E-state index contributed by atoms with van der Waals surface area (Å²) in [5.41, 5.74) is 0.842. The standard InChI is InChI=1S/C14H18ClN3O2/c15-11-6-2-1-5-10(11)9-17-14(20)18-12-7-3-4-8-16-13(12)19/h1-2,5-6,12H,3-4,7-9H2,(H,16,19)(H2,17,18,20)/t12-/m0/s1. The average Bonchev–Trinajstić information content (AvgIpc) is 2.63. The molecule has 6 heteroatoms. The molecule has 1 aromatic carbocycles. The van der Waals surface area contributed by atoms with Crippen molar-refractivity contribution < 1.29 is 9.59 Å². The van der Waals surface area contributed by atoms with E-state index in [9.17, 15) is 9.59 Å². The zero-order valence-electron chi connectivity index (χ0n) is 11.1. The number of nitrogens with one attached hydrogen (secondary N) is 3. The smallest absolute Gasteiger partial charge is 0.315 e. The summed E-state index contributed by atoms with van der Waals surface area (Å²) in [4.78, 5) is 23.5. The fraction of sp³-hybridized carbons (Fsp3) is 0.429. The van der Waals surface area contributed by atoms with Crippen LogP contribution >= 0.6 is 11.6 Å². The van der Waals surface area contributed by atoms with E-state index in [1.54, 1.807) is 6.07 Å². The first-order valence-corrected chi connectivity index (χ1v) is 7.10. The number of carbonyl (C=O) groups excluding carboxylic acids is 2. The number of rotatable bonds is 3. The molecule has 108 valence electrons. The van der Waals surface area contributed by atoms with Crippen LogP contribution in [-0.2, 0) is 11.3 Å². The third kappa shape index (κ3) is 4.13. The Bertz CT molecular complexity index is 493. The van der Waals surface area contributed by atoms with Gasteiger partial charge in [0.2, 0.25) is 5.91 Å². The Balaban J connectivity index is 1.83. The summed E-state index contributed by atoms with van der Waals surface area (Å²) in [6.07, 6.45) is 2.55. The Kier molecular flexibility index (Phi) is 5.24. The average molecular weight is 296 g/mol. The Morgan fingerprint density at radius 3 is 2.95 bits per heavy atom. The van der Waals surface area contributed by atoms with Gasteiger partial charge in [-0.1, -0.05) is 29.8 Å². The molecule has 1 saturated heterocycles. The van der Waals surface area contributed by atoms with Crippen molar-refractivity contribution in [1.82, 2.24) is 16.0 Å². The summed E-state index contributed by atoms with van der Waals surface area (Å²) >= 11 is 6.01. The molecule has 1 atom stereocenters. The molecular weight excluding hydrogens is 278 g/mol.